The Hall–Kier alpha value is -3.81. The van der Waals surface area contributed by atoms with Gasteiger partial charge in [-0.3, -0.25) is 19.9 Å². The number of hydrogen-bond donors (Lipinski definition) is 2. The number of nitrogens with zero attached hydrogens (tertiary/aromatic N) is 2. The van der Waals surface area contributed by atoms with Crippen molar-refractivity contribution in [1.29, 1.82) is 0 Å². The number of Topliss-reactive ketones (excluding diaryl/α,β-unsaturated/α-hetero) is 1. The van der Waals surface area contributed by atoms with Crippen molar-refractivity contribution in [3.05, 3.63) is 88.4 Å². The fraction of sp³-hybridized carbons (Fsp3) is 0.105. The van der Waals surface area contributed by atoms with E-state index in [4.69, 9.17) is 4.74 Å². The fourth-order valence-corrected chi connectivity index (χ4v) is 2.27. The topological polar surface area (TPSA) is 114 Å². The van der Waals surface area contributed by atoms with Gasteiger partial charge in [-0.15, -0.1) is 0 Å². The van der Waals surface area contributed by atoms with Crippen molar-refractivity contribution in [2.24, 2.45) is 0 Å². The first kappa shape index (κ1) is 18.0. The van der Waals surface area contributed by atoms with Crippen molar-refractivity contribution >= 4 is 17.6 Å². The molecule has 0 aliphatic heterocycles. The number of ether oxygens (including phenoxy) is 1. The number of carbonyl (C=O) groups is 2. The van der Waals surface area contributed by atoms with Crippen LogP contribution in [0.4, 0.5) is 10.5 Å². The van der Waals surface area contributed by atoms with E-state index >= 15 is 0 Å². The molecule has 2 aromatic heterocycles. The van der Waals surface area contributed by atoms with E-state index in [0.29, 0.717) is 5.56 Å². The van der Waals surface area contributed by atoms with Crippen molar-refractivity contribution in [3.8, 4) is 0 Å². The molecule has 0 bridgehead atoms. The molecule has 3 rings (SSSR count). The van der Waals surface area contributed by atoms with Crippen molar-refractivity contribution in [1.82, 2.24) is 15.0 Å². The molecule has 0 fully saturated rings. The van der Waals surface area contributed by atoms with E-state index in [-0.39, 0.29) is 30.3 Å². The summed E-state index contributed by atoms with van der Waals surface area (Å²) in [7, 11) is 0. The van der Waals surface area contributed by atoms with Gasteiger partial charge in [0, 0.05) is 18.8 Å². The lowest BCUT2D eigenvalue weighted by Crippen LogP contribution is -2.23. The van der Waals surface area contributed by atoms with Crippen LogP contribution in [0.2, 0.25) is 0 Å². The van der Waals surface area contributed by atoms with Gasteiger partial charge < -0.3 is 9.72 Å². The second-order valence-electron chi connectivity index (χ2n) is 5.62. The molecule has 8 heteroatoms. The number of carbonyl (C=O) groups excluding carboxylic acids is 2. The number of aromatic nitrogens is 3. The Kier molecular flexibility index (Phi) is 5.68. The smallest absolute Gasteiger partial charge is 0.412 e. The Balaban J connectivity index is 1.60. The highest BCUT2D eigenvalue weighted by Crippen LogP contribution is 2.05. The van der Waals surface area contributed by atoms with E-state index in [1.165, 1.54) is 0 Å². The first-order valence-electron chi connectivity index (χ1n) is 8.11. The van der Waals surface area contributed by atoms with Crippen LogP contribution in [0.15, 0.2) is 65.8 Å². The molecule has 0 saturated heterocycles. The maximum atomic E-state index is 12.2. The third-order valence-electron chi connectivity index (χ3n) is 3.60. The van der Waals surface area contributed by atoms with Gasteiger partial charge in [-0.05, 0) is 17.2 Å². The van der Waals surface area contributed by atoms with Gasteiger partial charge in [0.25, 0.3) is 5.56 Å². The molecular formula is C19H16N4O4. The molecule has 8 nitrogen and oxygen atoms in total. The second kappa shape index (κ2) is 8.52. The van der Waals surface area contributed by atoms with E-state index in [2.05, 4.69) is 20.3 Å². The lowest BCUT2D eigenvalue weighted by atomic mass is 10.1. The molecule has 0 radical (unpaired) electrons. The molecule has 0 aliphatic carbocycles. The van der Waals surface area contributed by atoms with Crippen LogP contribution in [0.3, 0.4) is 0 Å². The third-order valence-corrected chi connectivity index (χ3v) is 3.60. The Bertz CT molecular complexity index is 987. The molecule has 2 heterocycles. The number of aromatic amines is 1. The number of benzene rings is 1. The summed E-state index contributed by atoms with van der Waals surface area (Å²) in [5.41, 5.74) is 0.773. The molecule has 2 N–H and O–H groups in total. The van der Waals surface area contributed by atoms with E-state index in [1.807, 2.05) is 30.3 Å². The molecular weight excluding hydrogens is 348 g/mol. The number of H-pyrrole nitrogens is 1. The van der Waals surface area contributed by atoms with Gasteiger partial charge in [0.2, 0.25) is 5.78 Å². The summed E-state index contributed by atoms with van der Waals surface area (Å²) in [6, 6.07) is 12.6. The van der Waals surface area contributed by atoms with Crippen LogP contribution in [-0.2, 0) is 17.8 Å². The van der Waals surface area contributed by atoms with Crippen LogP contribution < -0.4 is 10.9 Å². The normalized spacial score (nSPS) is 10.2. The highest BCUT2D eigenvalue weighted by atomic mass is 16.5. The molecule has 3 aromatic rings. The van der Waals surface area contributed by atoms with Crippen LogP contribution in [0.1, 0.15) is 21.7 Å². The van der Waals surface area contributed by atoms with Crippen LogP contribution in [0.25, 0.3) is 0 Å². The quantitative estimate of drug-likeness (QED) is 0.649. The molecule has 0 aliphatic rings. The highest BCUT2D eigenvalue weighted by Gasteiger charge is 2.13. The van der Waals surface area contributed by atoms with E-state index in [0.717, 1.165) is 11.8 Å². The van der Waals surface area contributed by atoms with Crippen LogP contribution in [-0.4, -0.2) is 26.8 Å². The summed E-state index contributed by atoms with van der Waals surface area (Å²) in [5.74, 6) is -0.453. The monoisotopic (exact) mass is 364 g/mol. The number of anilines is 1. The maximum Gasteiger partial charge on any atom is 0.412 e. The highest BCUT2D eigenvalue weighted by molar-refractivity contribution is 5.94. The van der Waals surface area contributed by atoms with Crippen molar-refractivity contribution in [3.63, 3.8) is 0 Å². The molecule has 0 atom stereocenters. The lowest BCUT2D eigenvalue weighted by Gasteiger charge is -2.07. The molecule has 0 unspecified atom stereocenters. The first-order chi connectivity index (χ1) is 13.1. The van der Waals surface area contributed by atoms with Crippen LogP contribution in [0.5, 0.6) is 0 Å². The number of amides is 1. The zero-order valence-electron chi connectivity index (χ0n) is 14.2. The Morgan fingerprint density at radius 1 is 1.04 bits per heavy atom. The number of rotatable bonds is 6. The largest absolute Gasteiger partial charge is 0.444 e. The molecule has 1 aromatic carbocycles. The van der Waals surface area contributed by atoms with Gasteiger partial charge in [-0.25, -0.2) is 9.78 Å². The number of nitrogens with one attached hydrogen (secondary N) is 2. The minimum atomic E-state index is -0.791. The predicted molar refractivity (Wildman–Crippen MR) is 97.4 cm³/mol. The SMILES string of the molecule is O=C(Nc1cnc(C(=O)Cc2cccnc2)[nH]c1=O)OCc1ccccc1. The second-order valence-corrected chi connectivity index (χ2v) is 5.62. The van der Waals surface area contributed by atoms with Crippen molar-refractivity contribution in [2.75, 3.05) is 5.32 Å². The Labute approximate surface area is 154 Å². The molecule has 0 spiro atoms. The van der Waals surface area contributed by atoms with E-state index in [9.17, 15) is 14.4 Å². The molecule has 136 valence electrons. The third kappa shape index (κ3) is 5.08. The van der Waals surface area contributed by atoms with Gasteiger partial charge in [-0.1, -0.05) is 36.4 Å². The van der Waals surface area contributed by atoms with Gasteiger partial charge in [0.15, 0.2) is 5.82 Å². The lowest BCUT2D eigenvalue weighted by molar-refractivity contribution is 0.0982. The molecule has 27 heavy (non-hydrogen) atoms. The Morgan fingerprint density at radius 3 is 2.52 bits per heavy atom. The Morgan fingerprint density at radius 2 is 1.81 bits per heavy atom. The fourth-order valence-electron chi connectivity index (χ4n) is 2.27. The zero-order chi connectivity index (χ0) is 19.1. The minimum absolute atomic E-state index is 0.0582. The maximum absolute atomic E-state index is 12.2. The summed E-state index contributed by atoms with van der Waals surface area (Å²) in [6.45, 7) is 0.0691. The summed E-state index contributed by atoms with van der Waals surface area (Å²) < 4.78 is 5.04. The molecule has 0 saturated carbocycles. The number of pyridine rings is 1. The van der Waals surface area contributed by atoms with E-state index in [1.54, 1.807) is 24.5 Å². The van der Waals surface area contributed by atoms with Crippen molar-refractivity contribution < 1.29 is 14.3 Å². The predicted octanol–water partition coefficient (Wildman–Crippen LogP) is 2.34. The van der Waals surface area contributed by atoms with Crippen LogP contribution in [0, 0.1) is 0 Å². The van der Waals surface area contributed by atoms with Gasteiger partial charge >= 0.3 is 6.09 Å². The van der Waals surface area contributed by atoms with E-state index < -0.39 is 11.7 Å². The van der Waals surface area contributed by atoms with Gasteiger partial charge in [0.1, 0.15) is 12.3 Å². The standard InChI is InChI=1S/C19H16N4O4/c24-16(9-14-7-4-8-20-10-14)17-21-11-15(18(25)23-17)22-19(26)27-12-13-5-2-1-3-6-13/h1-8,10-11H,9,12H2,(H,22,26)(H,21,23,25). The number of hydrogen-bond acceptors (Lipinski definition) is 6. The average molecular weight is 364 g/mol. The first-order valence-corrected chi connectivity index (χ1v) is 8.11. The van der Waals surface area contributed by atoms with Crippen molar-refractivity contribution in [2.45, 2.75) is 13.0 Å². The summed E-state index contributed by atoms with van der Waals surface area (Å²) in [6.07, 6.45) is 3.56. The zero-order valence-corrected chi connectivity index (χ0v) is 14.2. The summed E-state index contributed by atoms with van der Waals surface area (Å²) in [4.78, 5) is 46.3. The molecule has 1 amide bonds. The minimum Gasteiger partial charge on any atom is -0.444 e. The number of ketones is 1. The van der Waals surface area contributed by atoms with Crippen LogP contribution >= 0.6 is 0 Å². The van der Waals surface area contributed by atoms with Gasteiger partial charge in [0.05, 0.1) is 6.20 Å². The average Bonchev–Trinajstić information content (AvgIpc) is 2.69. The van der Waals surface area contributed by atoms with Gasteiger partial charge in [-0.2, -0.15) is 0 Å². The summed E-state index contributed by atoms with van der Waals surface area (Å²) >= 11 is 0. The summed E-state index contributed by atoms with van der Waals surface area (Å²) in [5, 5.41) is 2.31.